The fourth-order valence-corrected chi connectivity index (χ4v) is 3.34. The molecule has 2 aromatic carbocycles. The summed E-state index contributed by atoms with van der Waals surface area (Å²) in [5.41, 5.74) is 5.19. The second kappa shape index (κ2) is 5.91. The Balaban J connectivity index is 2.40. The Morgan fingerprint density at radius 1 is 1.13 bits per heavy atom. The Morgan fingerprint density at radius 2 is 1.83 bits per heavy atom. The normalized spacial score (nSPS) is 11.1. The predicted octanol–water partition coefficient (Wildman–Crippen LogP) is 5.39. The predicted molar refractivity (Wildman–Crippen MR) is 94.6 cm³/mol. The van der Waals surface area contributed by atoms with Crippen molar-refractivity contribution in [3.63, 3.8) is 0 Å². The van der Waals surface area contributed by atoms with E-state index in [2.05, 4.69) is 4.98 Å². The van der Waals surface area contributed by atoms with Crippen LogP contribution in [0, 0.1) is 13.8 Å². The molecule has 0 unspecified atom stereocenters. The van der Waals surface area contributed by atoms with Crippen LogP contribution in [-0.2, 0) is 11.2 Å². The minimum atomic E-state index is -0.883. The number of carbonyl (C=O) groups is 1. The molecule has 1 heterocycles. The van der Waals surface area contributed by atoms with Crippen LogP contribution >= 0.6 is 23.2 Å². The van der Waals surface area contributed by atoms with Crippen LogP contribution in [0.2, 0.25) is 10.0 Å². The van der Waals surface area contributed by atoms with Gasteiger partial charge < -0.3 is 10.1 Å². The van der Waals surface area contributed by atoms with Crippen molar-refractivity contribution in [2.24, 2.45) is 0 Å². The lowest BCUT2D eigenvalue weighted by Gasteiger charge is -2.07. The van der Waals surface area contributed by atoms with Crippen LogP contribution in [0.4, 0.5) is 0 Å². The molecule has 0 radical (unpaired) electrons. The van der Waals surface area contributed by atoms with Crippen molar-refractivity contribution in [2.45, 2.75) is 20.3 Å². The third kappa shape index (κ3) is 2.71. The van der Waals surface area contributed by atoms with Crippen LogP contribution in [0.3, 0.4) is 0 Å². The number of aryl methyl sites for hydroxylation is 2. The topological polar surface area (TPSA) is 53.1 Å². The van der Waals surface area contributed by atoms with Crippen LogP contribution in [0.15, 0.2) is 30.3 Å². The molecule has 1 aromatic heterocycles. The minimum absolute atomic E-state index is 0.0809. The Kier molecular flexibility index (Phi) is 4.09. The zero-order chi connectivity index (χ0) is 16.7. The lowest BCUT2D eigenvalue weighted by Crippen LogP contribution is -2.01. The monoisotopic (exact) mass is 347 g/mol. The van der Waals surface area contributed by atoms with Crippen molar-refractivity contribution in [3.8, 4) is 11.3 Å². The van der Waals surface area contributed by atoms with Crippen molar-refractivity contribution >= 4 is 40.1 Å². The molecule has 3 aromatic rings. The Morgan fingerprint density at radius 3 is 2.52 bits per heavy atom. The Hall–Kier alpha value is -1.97. The van der Waals surface area contributed by atoms with Gasteiger partial charge in [0.15, 0.2) is 0 Å². The Bertz CT molecular complexity index is 928. The van der Waals surface area contributed by atoms with E-state index in [0.29, 0.717) is 21.3 Å². The van der Waals surface area contributed by atoms with E-state index in [1.165, 1.54) is 0 Å². The van der Waals surface area contributed by atoms with Gasteiger partial charge in [0.05, 0.1) is 22.2 Å². The largest absolute Gasteiger partial charge is 0.481 e. The zero-order valence-electron chi connectivity index (χ0n) is 12.7. The molecule has 23 heavy (non-hydrogen) atoms. The number of halogens is 2. The number of carboxylic acid groups (broad SMARTS) is 1. The first-order valence-electron chi connectivity index (χ1n) is 7.17. The van der Waals surface area contributed by atoms with Gasteiger partial charge in [-0.3, -0.25) is 4.79 Å². The number of aromatic nitrogens is 1. The third-order valence-electron chi connectivity index (χ3n) is 4.02. The molecule has 0 saturated heterocycles. The molecule has 0 saturated carbocycles. The molecule has 0 aliphatic rings. The Labute approximate surface area is 143 Å². The highest BCUT2D eigenvalue weighted by Crippen LogP contribution is 2.39. The summed E-state index contributed by atoms with van der Waals surface area (Å²) in [6.45, 7) is 3.97. The van der Waals surface area contributed by atoms with Gasteiger partial charge in [-0.05, 0) is 36.6 Å². The lowest BCUT2D eigenvalue weighted by molar-refractivity contribution is -0.136. The van der Waals surface area contributed by atoms with Gasteiger partial charge in [-0.2, -0.15) is 0 Å². The average Bonchev–Trinajstić information content (AvgIpc) is 2.86. The molecule has 5 heteroatoms. The number of aliphatic carboxylic acids is 1. The van der Waals surface area contributed by atoms with Crippen LogP contribution < -0.4 is 0 Å². The molecule has 0 aliphatic carbocycles. The summed E-state index contributed by atoms with van der Waals surface area (Å²) in [6.07, 6.45) is -0.0809. The van der Waals surface area contributed by atoms with E-state index in [9.17, 15) is 9.90 Å². The van der Waals surface area contributed by atoms with E-state index in [1.807, 2.05) is 32.0 Å². The van der Waals surface area contributed by atoms with Crippen molar-refractivity contribution in [1.82, 2.24) is 4.98 Å². The molecule has 0 aliphatic heterocycles. The van der Waals surface area contributed by atoms with E-state index in [-0.39, 0.29) is 6.42 Å². The highest BCUT2D eigenvalue weighted by atomic mass is 35.5. The second-order valence-electron chi connectivity index (χ2n) is 5.60. The van der Waals surface area contributed by atoms with E-state index in [4.69, 9.17) is 23.2 Å². The van der Waals surface area contributed by atoms with E-state index < -0.39 is 5.97 Å². The third-order valence-corrected chi connectivity index (χ3v) is 4.84. The van der Waals surface area contributed by atoms with Crippen LogP contribution in [0.5, 0.6) is 0 Å². The first kappa shape index (κ1) is 15.9. The molecular weight excluding hydrogens is 333 g/mol. The van der Waals surface area contributed by atoms with Gasteiger partial charge in [0.25, 0.3) is 0 Å². The van der Waals surface area contributed by atoms with Gasteiger partial charge in [-0.15, -0.1) is 0 Å². The first-order chi connectivity index (χ1) is 10.9. The molecule has 3 nitrogen and oxygen atoms in total. The molecule has 0 spiro atoms. The smallest absolute Gasteiger partial charge is 0.307 e. The molecule has 2 N–H and O–H groups in total. The molecule has 0 atom stereocenters. The molecule has 3 rings (SSSR count). The number of carboxylic acids is 1. The molecule has 0 fully saturated rings. The summed E-state index contributed by atoms with van der Waals surface area (Å²) in [5, 5.41) is 11.1. The molecule has 0 bridgehead atoms. The first-order valence-corrected chi connectivity index (χ1v) is 7.92. The summed E-state index contributed by atoms with van der Waals surface area (Å²) < 4.78 is 0. The summed E-state index contributed by atoms with van der Waals surface area (Å²) in [5.74, 6) is -0.883. The highest BCUT2D eigenvalue weighted by molar-refractivity contribution is 6.43. The summed E-state index contributed by atoms with van der Waals surface area (Å²) in [4.78, 5) is 14.7. The van der Waals surface area contributed by atoms with Gasteiger partial charge in [0, 0.05) is 16.5 Å². The van der Waals surface area contributed by atoms with Crippen LogP contribution in [0.25, 0.3) is 22.2 Å². The highest BCUT2D eigenvalue weighted by Gasteiger charge is 2.20. The SMILES string of the molecule is Cc1ccc(C)c2c(CC(=O)O)c(-c3cccc(Cl)c3Cl)[nH]c12. The summed E-state index contributed by atoms with van der Waals surface area (Å²) in [7, 11) is 0. The average molecular weight is 348 g/mol. The fraction of sp³-hybridized carbons (Fsp3) is 0.167. The number of hydrogen-bond acceptors (Lipinski definition) is 1. The summed E-state index contributed by atoms with van der Waals surface area (Å²) >= 11 is 12.5. The zero-order valence-corrected chi connectivity index (χ0v) is 14.2. The number of benzene rings is 2. The van der Waals surface area contributed by atoms with Crippen molar-refractivity contribution in [2.75, 3.05) is 0 Å². The quantitative estimate of drug-likeness (QED) is 0.667. The standard InChI is InChI=1S/C18H15Cl2NO2/c1-9-6-7-10(2)17-15(9)12(8-14(22)23)18(21-17)11-4-3-5-13(19)16(11)20/h3-7,21H,8H2,1-2H3,(H,22,23). The van der Waals surface area contributed by atoms with Crippen LogP contribution in [-0.4, -0.2) is 16.1 Å². The molecular formula is C18H15Cl2NO2. The maximum atomic E-state index is 11.4. The van der Waals surface area contributed by atoms with Gasteiger partial charge in [0.2, 0.25) is 0 Å². The van der Waals surface area contributed by atoms with E-state index >= 15 is 0 Å². The molecule has 0 amide bonds. The number of fused-ring (bicyclic) bond motifs is 1. The van der Waals surface area contributed by atoms with Gasteiger partial charge in [0.1, 0.15) is 0 Å². The number of rotatable bonds is 3. The lowest BCUT2D eigenvalue weighted by atomic mass is 9.98. The van der Waals surface area contributed by atoms with E-state index in [1.54, 1.807) is 12.1 Å². The van der Waals surface area contributed by atoms with Gasteiger partial charge in [-0.25, -0.2) is 0 Å². The number of H-pyrrole nitrogens is 1. The van der Waals surface area contributed by atoms with Crippen molar-refractivity contribution in [1.29, 1.82) is 0 Å². The number of hydrogen-bond donors (Lipinski definition) is 2. The van der Waals surface area contributed by atoms with Crippen LogP contribution in [0.1, 0.15) is 16.7 Å². The van der Waals surface area contributed by atoms with Crippen molar-refractivity contribution in [3.05, 3.63) is 57.1 Å². The maximum absolute atomic E-state index is 11.4. The van der Waals surface area contributed by atoms with Crippen molar-refractivity contribution < 1.29 is 9.90 Å². The van der Waals surface area contributed by atoms with E-state index in [0.717, 1.165) is 27.6 Å². The number of aromatic amines is 1. The maximum Gasteiger partial charge on any atom is 0.307 e. The number of nitrogens with one attached hydrogen (secondary N) is 1. The van der Waals surface area contributed by atoms with Gasteiger partial charge in [-0.1, -0.05) is 47.5 Å². The minimum Gasteiger partial charge on any atom is -0.481 e. The summed E-state index contributed by atoms with van der Waals surface area (Å²) in [6, 6.07) is 9.37. The molecule has 118 valence electrons. The fourth-order valence-electron chi connectivity index (χ4n) is 2.94. The second-order valence-corrected chi connectivity index (χ2v) is 6.38. The van der Waals surface area contributed by atoms with Gasteiger partial charge >= 0.3 is 5.97 Å².